The minimum absolute atomic E-state index is 0.288. The van der Waals surface area contributed by atoms with Crippen LogP contribution in [0.2, 0.25) is 0 Å². The first kappa shape index (κ1) is 27.5. The minimum Gasteiger partial charge on any atom is -0.457 e. The fraction of sp³-hybridized carbons (Fsp3) is 0.0294. The first-order valence-corrected chi connectivity index (χ1v) is 12.1. The van der Waals surface area contributed by atoms with Gasteiger partial charge in [0.25, 0.3) is 0 Å². The van der Waals surface area contributed by atoms with E-state index in [4.69, 9.17) is 4.74 Å². The second kappa shape index (κ2) is 15.8. The Balaban J connectivity index is 0.000000203. The Hall–Kier alpha value is -5.09. The van der Waals surface area contributed by atoms with Crippen LogP contribution in [0.4, 0.5) is 0 Å². The van der Waals surface area contributed by atoms with Gasteiger partial charge in [0.05, 0.1) is 5.92 Å². The van der Waals surface area contributed by atoms with Gasteiger partial charge in [-0.25, -0.2) is 0 Å². The average Bonchev–Trinajstić information content (AvgIpc) is 3.00. The molecule has 4 heteroatoms. The predicted molar refractivity (Wildman–Crippen MR) is 152 cm³/mol. The van der Waals surface area contributed by atoms with Gasteiger partial charge in [-0.3, -0.25) is 9.59 Å². The molecule has 1 unspecified atom stereocenters. The number of aldehydes is 3. The zero-order chi connectivity index (χ0) is 26.8. The van der Waals surface area contributed by atoms with E-state index in [1.165, 1.54) is 0 Å². The van der Waals surface area contributed by atoms with Gasteiger partial charge in [0.1, 0.15) is 30.4 Å². The first-order chi connectivity index (χ1) is 18.7. The first-order valence-electron chi connectivity index (χ1n) is 12.1. The lowest BCUT2D eigenvalue weighted by molar-refractivity contribution is -0.109. The molecule has 4 nitrogen and oxygen atoms in total. The zero-order valence-electron chi connectivity index (χ0n) is 20.8. The summed E-state index contributed by atoms with van der Waals surface area (Å²) in [4.78, 5) is 31.4. The summed E-state index contributed by atoms with van der Waals surface area (Å²) >= 11 is 0. The van der Waals surface area contributed by atoms with E-state index in [0.717, 1.165) is 46.9 Å². The highest BCUT2D eigenvalue weighted by Gasteiger charge is 2.19. The molecule has 4 aromatic rings. The van der Waals surface area contributed by atoms with E-state index in [9.17, 15) is 14.4 Å². The van der Waals surface area contributed by atoms with Gasteiger partial charge in [-0.2, -0.15) is 0 Å². The molecule has 188 valence electrons. The molecule has 0 saturated heterocycles. The standard InChI is InChI=1S/C20H16O2.2C7H6O/c21-15-17-10-7-13-20(22-18-11-5-2-6-12-18)19(17)14-16-8-3-1-4-9-16;2*8-6-7-4-2-1-3-5-7/h1-15,17H;2*1-6H. The maximum atomic E-state index is 11.4. The molecule has 0 N–H and O–H groups in total. The minimum atomic E-state index is -0.288. The second-order valence-electron chi connectivity index (χ2n) is 8.06. The molecule has 0 fully saturated rings. The predicted octanol–water partition coefficient (Wildman–Crippen LogP) is 7.42. The lowest BCUT2D eigenvalue weighted by atomic mass is 9.92. The summed E-state index contributed by atoms with van der Waals surface area (Å²) in [6, 6.07) is 37.7. The largest absolute Gasteiger partial charge is 0.457 e. The summed E-state index contributed by atoms with van der Waals surface area (Å²) < 4.78 is 5.95. The van der Waals surface area contributed by atoms with Crippen molar-refractivity contribution in [3.8, 4) is 5.75 Å². The molecule has 0 saturated carbocycles. The van der Waals surface area contributed by atoms with E-state index < -0.39 is 0 Å². The Morgan fingerprint density at radius 1 is 0.553 bits per heavy atom. The fourth-order valence-electron chi connectivity index (χ4n) is 3.41. The normalized spacial score (nSPS) is 14.5. The average molecular weight is 501 g/mol. The molecule has 0 bridgehead atoms. The van der Waals surface area contributed by atoms with Crippen molar-refractivity contribution in [3.63, 3.8) is 0 Å². The van der Waals surface area contributed by atoms with Crippen LogP contribution >= 0.6 is 0 Å². The highest BCUT2D eigenvalue weighted by molar-refractivity contribution is 5.75. The molecule has 0 aromatic heterocycles. The Bertz CT molecular complexity index is 1310. The van der Waals surface area contributed by atoms with Crippen LogP contribution in [0.3, 0.4) is 0 Å². The Morgan fingerprint density at radius 2 is 1.00 bits per heavy atom. The molecule has 0 heterocycles. The van der Waals surface area contributed by atoms with Crippen molar-refractivity contribution in [2.24, 2.45) is 5.92 Å². The van der Waals surface area contributed by atoms with Crippen molar-refractivity contribution in [3.05, 3.63) is 168 Å². The van der Waals surface area contributed by atoms with E-state index in [-0.39, 0.29) is 5.92 Å². The molecule has 0 spiro atoms. The number of carbonyl (C=O) groups excluding carboxylic acids is 3. The van der Waals surface area contributed by atoms with Crippen LogP contribution in [0.15, 0.2) is 151 Å². The van der Waals surface area contributed by atoms with E-state index in [0.29, 0.717) is 5.76 Å². The lowest BCUT2D eigenvalue weighted by Gasteiger charge is -2.19. The fourth-order valence-corrected chi connectivity index (χ4v) is 3.41. The van der Waals surface area contributed by atoms with Gasteiger partial charge in [0.15, 0.2) is 0 Å². The highest BCUT2D eigenvalue weighted by Crippen LogP contribution is 2.29. The number of allylic oxidation sites excluding steroid dienone is 4. The Kier molecular flexibility index (Phi) is 11.4. The Labute approximate surface area is 223 Å². The number of para-hydroxylation sites is 1. The third-order valence-corrected chi connectivity index (χ3v) is 5.32. The molecule has 0 amide bonds. The van der Waals surface area contributed by atoms with Gasteiger partial charge >= 0.3 is 0 Å². The second-order valence-corrected chi connectivity index (χ2v) is 8.06. The summed E-state index contributed by atoms with van der Waals surface area (Å²) in [5.74, 6) is 1.17. The molecule has 38 heavy (non-hydrogen) atoms. The molecule has 0 aliphatic heterocycles. The van der Waals surface area contributed by atoms with Crippen LogP contribution in [-0.4, -0.2) is 18.9 Å². The van der Waals surface area contributed by atoms with Gasteiger partial charge in [-0.15, -0.1) is 0 Å². The van der Waals surface area contributed by atoms with Crippen LogP contribution < -0.4 is 4.74 Å². The summed E-state index contributed by atoms with van der Waals surface area (Å²) in [5, 5.41) is 0. The molecule has 4 aromatic carbocycles. The van der Waals surface area contributed by atoms with Gasteiger partial charge < -0.3 is 9.53 Å². The number of carbonyl (C=O) groups is 3. The highest BCUT2D eigenvalue weighted by atomic mass is 16.5. The topological polar surface area (TPSA) is 60.4 Å². The number of hydrogen-bond donors (Lipinski definition) is 0. The lowest BCUT2D eigenvalue weighted by Crippen LogP contribution is -2.12. The van der Waals surface area contributed by atoms with E-state index in [2.05, 4.69) is 0 Å². The monoisotopic (exact) mass is 500 g/mol. The van der Waals surface area contributed by atoms with Gasteiger partial charge in [0, 0.05) is 16.7 Å². The van der Waals surface area contributed by atoms with Crippen LogP contribution in [0.5, 0.6) is 5.75 Å². The number of ether oxygens (including phenoxy) is 1. The van der Waals surface area contributed by atoms with Crippen molar-refractivity contribution in [2.75, 3.05) is 0 Å². The number of hydrogen-bond acceptors (Lipinski definition) is 4. The SMILES string of the molecule is O=CC1C=CC=C(Oc2ccccc2)C1=Cc1ccccc1.O=Cc1ccccc1.O=Cc1ccccc1. The zero-order valence-corrected chi connectivity index (χ0v) is 20.8. The summed E-state index contributed by atoms with van der Waals surface area (Å²) in [6.45, 7) is 0. The molecule has 0 radical (unpaired) electrons. The number of benzene rings is 4. The Morgan fingerprint density at radius 3 is 1.42 bits per heavy atom. The van der Waals surface area contributed by atoms with E-state index >= 15 is 0 Å². The quantitative estimate of drug-likeness (QED) is 0.259. The third kappa shape index (κ3) is 9.17. The molecule has 1 aliphatic carbocycles. The maximum Gasteiger partial charge on any atom is 0.150 e. The number of rotatable bonds is 6. The van der Waals surface area contributed by atoms with Crippen molar-refractivity contribution in [2.45, 2.75) is 0 Å². The molecule has 1 atom stereocenters. The van der Waals surface area contributed by atoms with Crippen LogP contribution in [-0.2, 0) is 4.79 Å². The summed E-state index contributed by atoms with van der Waals surface area (Å²) in [6.07, 6.45) is 10.2. The van der Waals surface area contributed by atoms with Gasteiger partial charge in [0.2, 0.25) is 0 Å². The van der Waals surface area contributed by atoms with Crippen LogP contribution in [0.25, 0.3) is 6.08 Å². The summed E-state index contributed by atoms with van der Waals surface area (Å²) in [7, 11) is 0. The van der Waals surface area contributed by atoms with Crippen molar-refractivity contribution < 1.29 is 19.1 Å². The van der Waals surface area contributed by atoms with Crippen molar-refractivity contribution >= 4 is 24.9 Å². The molecular formula is C34H28O4. The van der Waals surface area contributed by atoms with Gasteiger partial charge in [-0.05, 0) is 29.8 Å². The van der Waals surface area contributed by atoms with Crippen LogP contribution in [0.1, 0.15) is 26.3 Å². The van der Waals surface area contributed by atoms with E-state index in [1.807, 2.05) is 121 Å². The van der Waals surface area contributed by atoms with Crippen LogP contribution in [0, 0.1) is 5.92 Å². The van der Waals surface area contributed by atoms with E-state index in [1.54, 1.807) is 24.3 Å². The third-order valence-electron chi connectivity index (χ3n) is 5.32. The smallest absolute Gasteiger partial charge is 0.150 e. The molecular weight excluding hydrogens is 472 g/mol. The summed E-state index contributed by atoms with van der Waals surface area (Å²) in [5.41, 5.74) is 3.37. The molecule has 5 rings (SSSR count). The maximum absolute atomic E-state index is 11.4. The van der Waals surface area contributed by atoms with Crippen molar-refractivity contribution in [1.82, 2.24) is 0 Å². The van der Waals surface area contributed by atoms with Gasteiger partial charge in [-0.1, -0.05) is 121 Å². The van der Waals surface area contributed by atoms with Crippen molar-refractivity contribution in [1.29, 1.82) is 0 Å². The molecule has 1 aliphatic rings.